The lowest BCUT2D eigenvalue weighted by Crippen LogP contribution is -2.56. The van der Waals surface area contributed by atoms with Crippen LogP contribution in [0.25, 0.3) is 0 Å². The molecule has 12 heteroatoms. The van der Waals surface area contributed by atoms with Crippen molar-refractivity contribution in [3.8, 4) is 0 Å². The minimum Gasteiger partial charge on any atom is -0.458 e. The molecule has 11 aliphatic rings. The summed E-state index contributed by atoms with van der Waals surface area (Å²) in [6.07, 6.45) is 73.1. The van der Waals surface area contributed by atoms with Gasteiger partial charge < -0.3 is 33.5 Å². The van der Waals surface area contributed by atoms with Crippen LogP contribution in [0.2, 0.25) is 0 Å². The molecule has 0 saturated heterocycles. The summed E-state index contributed by atoms with van der Waals surface area (Å²) >= 11 is 0. The van der Waals surface area contributed by atoms with Crippen LogP contribution in [0.5, 0.6) is 0 Å². The van der Waals surface area contributed by atoms with Crippen LogP contribution in [0.4, 0.5) is 4.79 Å². The van der Waals surface area contributed by atoms with Crippen LogP contribution in [0.1, 0.15) is 517 Å². The van der Waals surface area contributed by atoms with Crippen LogP contribution in [0.3, 0.4) is 0 Å². The van der Waals surface area contributed by atoms with Gasteiger partial charge in [-0.1, -0.05) is 278 Å². The van der Waals surface area contributed by atoms with Gasteiger partial charge in [-0.05, 0) is 275 Å². The first-order chi connectivity index (χ1) is 55.8. The van der Waals surface area contributed by atoms with Crippen LogP contribution in [-0.4, -0.2) is 74.3 Å². The Morgan fingerprint density at radius 3 is 1.02 bits per heavy atom. The monoisotopic (exact) mass is 1620 g/mol. The quantitative estimate of drug-likeness (QED) is 0.0787. The van der Waals surface area contributed by atoms with Crippen molar-refractivity contribution in [1.82, 2.24) is 0 Å². The minimum absolute atomic E-state index is 0.0480. The maximum Gasteiger partial charge on any atom is 0.509 e. The number of hydrogen-bond donors (Lipinski definition) is 1. The van der Waals surface area contributed by atoms with Gasteiger partial charge in [-0.3, -0.25) is 4.79 Å². The highest BCUT2D eigenvalue weighted by atomic mass is 16.7. The van der Waals surface area contributed by atoms with E-state index in [9.17, 15) is 19.5 Å². The van der Waals surface area contributed by atoms with E-state index in [-0.39, 0.29) is 52.5 Å². The molecule has 3 unspecified atom stereocenters. The molecule has 0 radical (unpaired) electrons. The van der Waals surface area contributed by atoms with E-state index in [1.807, 2.05) is 0 Å². The van der Waals surface area contributed by atoms with Crippen molar-refractivity contribution in [2.24, 2.45) is 34.0 Å². The molecule has 1 N–H and O–H groups in total. The van der Waals surface area contributed by atoms with Crippen molar-refractivity contribution < 1.29 is 57.5 Å². The second-order valence-corrected chi connectivity index (χ2v) is 42.3. The maximum atomic E-state index is 16.5. The summed E-state index contributed by atoms with van der Waals surface area (Å²) in [4.78, 5) is 76.4. The molecule has 11 saturated carbocycles. The number of carbonyl (C=O) groups is 5. The third-order valence-corrected chi connectivity index (χ3v) is 32.6. The lowest BCUT2D eigenvalue weighted by molar-refractivity contribution is -0.198. The summed E-state index contributed by atoms with van der Waals surface area (Å²) in [7, 11) is 0. The number of esters is 4. The molecule has 116 heavy (non-hydrogen) atoms. The molecule has 0 aromatic heterocycles. The predicted octanol–water partition coefficient (Wildman–Crippen LogP) is 30.1. The summed E-state index contributed by atoms with van der Waals surface area (Å²) in [5, 5.41) is 13.5. The largest absolute Gasteiger partial charge is 0.509 e. The van der Waals surface area contributed by atoms with E-state index in [2.05, 4.69) is 40.5 Å². The third kappa shape index (κ3) is 28.7. The molecule has 664 valence electrons. The molecule has 11 aliphatic carbocycles. The van der Waals surface area contributed by atoms with Gasteiger partial charge in [-0.15, -0.1) is 0 Å². The highest BCUT2D eigenvalue weighted by Crippen LogP contribution is 2.63. The summed E-state index contributed by atoms with van der Waals surface area (Å²) in [5.41, 5.74) is -5.84. The summed E-state index contributed by atoms with van der Waals surface area (Å²) in [6.45, 7) is 24.6. The van der Waals surface area contributed by atoms with Gasteiger partial charge in [0.1, 0.15) is 33.6 Å². The van der Waals surface area contributed by atoms with Crippen molar-refractivity contribution in [2.75, 3.05) is 0 Å². The van der Waals surface area contributed by atoms with Crippen LogP contribution >= 0.6 is 0 Å². The molecule has 0 aliphatic heterocycles. The molecule has 12 nitrogen and oxygen atoms in total. The third-order valence-electron chi connectivity index (χ3n) is 32.6. The highest BCUT2D eigenvalue weighted by Gasteiger charge is 2.61. The Bertz CT molecular complexity index is 2870. The summed E-state index contributed by atoms with van der Waals surface area (Å²) < 4.78 is 43.9. The Labute approximate surface area is 709 Å². The van der Waals surface area contributed by atoms with Gasteiger partial charge in [-0.2, -0.15) is 0 Å². The van der Waals surface area contributed by atoms with E-state index >= 15 is 9.59 Å². The number of hydrogen-bond acceptors (Lipinski definition) is 12. The maximum absolute atomic E-state index is 16.5. The van der Waals surface area contributed by atoms with Crippen LogP contribution < -0.4 is 0 Å². The predicted molar refractivity (Wildman–Crippen MR) is 474 cm³/mol. The Hall–Kier alpha value is -3.67. The molecule has 0 aromatic rings. The molecule has 1 spiro atoms. The van der Waals surface area contributed by atoms with Gasteiger partial charge >= 0.3 is 30.0 Å². The van der Waals surface area contributed by atoms with E-state index < -0.39 is 50.8 Å². The lowest BCUT2D eigenvalue weighted by atomic mass is 9.52. The molecule has 0 heterocycles. The second kappa shape index (κ2) is 47.3. The van der Waals surface area contributed by atoms with E-state index in [1.165, 1.54) is 186 Å². The van der Waals surface area contributed by atoms with Gasteiger partial charge in [0, 0.05) is 28.6 Å². The highest BCUT2D eigenvalue weighted by molar-refractivity contribution is 5.88. The lowest BCUT2D eigenvalue weighted by Gasteiger charge is -2.57. The van der Waals surface area contributed by atoms with Crippen LogP contribution in [0.15, 0.2) is 36.5 Å². The topological polar surface area (TPSA) is 161 Å². The van der Waals surface area contributed by atoms with Gasteiger partial charge in [0.2, 0.25) is 0 Å². The van der Waals surface area contributed by atoms with Crippen molar-refractivity contribution in [3.05, 3.63) is 36.5 Å². The standard InChI is InChI=1S/C104H176O12/c1-10-98(66-56-68-102(87(8)9,69-57-67-98)93(108)114-103(70-52-53-71-103)88(78-97(110)60-46-38-30-26-27-31-39-47-61-97)79-99(111-90(105)84(2)3)62-48-40-32-22-16-14-12-11-13-15-17-23-33-41-49-63-99)115-94(109)116-104(72-54-55-73-104)89-80-100(112-91(106)85(4)5)64-50-42-34-24-18-20-28-36-44-58-95-59-45-37-29-21-19-25-35-43-51-65-101(81-89,113-92(107)86(6)7)83-96(82-100,76-74-95)77-75-95/h87-89,110H,2,4,6,10-83H2,1,3,5,7-9H3. The summed E-state index contributed by atoms with van der Waals surface area (Å²) in [6, 6.07) is 0. The van der Waals surface area contributed by atoms with Crippen molar-refractivity contribution in [2.45, 2.75) is 556 Å². The van der Waals surface area contributed by atoms with Gasteiger partial charge in [-0.25, -0.2) is 19.2 Å². The normalized spacial score (nSPS) is 31.8. The Morgan fingerprint density at radius 1 is 0.328 bits per heavy atom. The first-order valence-electron chi connectivity index (χ1n) is 50.4. The van der Waals surface area contributed by atoms with Crippen molar-refractivity contribution >= 4 is 30.0 Å². The average molecular weight is 1620 g/mol. The van der Waals surface area contributed by atoms with Crippen LogP contribution in [-0.2, 0) is 47.6 Å². The summed E-state index contributed by atoms with van der Waals surface area (Å²) in [5.74, 6) is -1.76. The zero-order valence-electron chi connectivity index (χ0n) is 76.1. The van der Waals surface area contributed by atoms with E-state index in [0.717, 1.165) is 193 Å². The number of carbonyl (C=O) groups excluding carboxylic acids is 5. The molecule has 0 amide bonds. The molecular weight excluding hydrogens is 1440 g/mol. The molecule has 4 bridgehead atoms. The second-order valence-electron chi connectivity index (χ2n) is 42.3. The molecule has 3 atom stereocenters. The fourth-order valence-electron chi connectivity index (χ4n) is 25.4. The minimum atomic E-state index is -0.990. The van der Waals surface area contributed by atoms with E-state index in [4.69, 9.17) is 28.4 Å². The molecule has 11 fully saturated rings. The Balaban J connectivity index is 1.03. The Morgan fingerprint density at radius 2 is 0.647 bits per heavy atom. The number of fused-ring (bicyclic) bond motifs is 20. The first kappa shape index (κ1) is 96.2. The fourth-order valence-corrected chi connectivity index (χ4v) is 25.4. The number of ether oxygens (including phenoxy) is 6. The Kier molecular flexibility index (Phi) is 39.2. The van der Waals surface area contributed by atoms with Crippen molar-refractivity contribution in [1.29, 1.82) is 0 Å². The van der Waals surface area contributed by atoms with Crippen LogP contribution in [0, 0.1) is 34.0 Å². The van der Waals surface area contributed by atoms with E-state index in [1.54, 1.807) is 20.8 Å². The average Bonchev–Trinajstić information content (AvgIpc) is 1.12. The van der Waals surface area contributed by atoms with Gasteiger partial charge in [0.05, 0.1) is 11.0 Å². The first-order valence-corrected chi connectivity index (χ1v) is 50.4. The number of aliphatic hydroxyl groups is 1. The molecular formula is C104H176O12. The van der Waals surface area contributed by atoms with E-state index in [0.29, 0.717) is 113 Å². The SMILES string of the molecule is C=C(C)C(=O)OC1(CC(CC2(O)CCCCCCCCCC2)C2(OC(=O)C3(C(C)C)CCCC(CC)(OC(=O)OC4(C5CC6(OC(=O)C(=C)C)CCCCCCCCCCCC78CCCCCCCCCCCC(OC(=O)C(=C)C)(C5)CC(CC7)(CC8)C6)CCCC4)CCC3)CCCC2)CCCCCCCCCCCCCCCCC1. The van der Waals surface area contributed by atoms with Gasteiger partial charge in [0.15, 0.2) is 0 Å². The number of rotatable bonds is 18. The smallest absolute Gasteiger partial charge is 0.458 e. The zero-order valence-corrected chi connectivity index (χ0v) is 76.1. The fraction of sp³-hybridized carbons (Fsp3) is 0.894. The van der Waals surface area contributed by atoms with Gasteiger partial charge in [0.25, 0.3) is 0 Å². The zero-order chi connectivity index (χ0) is 82.9. The molecule has 11 rings (SSSR count). The van der Waals surface area contributed by atoms with Crippen molar-refractivity contribution in [3.63, 3.8) is 0 Å². The molecule has 0 aromatic carbocycles.